The monoisotopic (exact) mass is 274 g/mol. The molecule has 6 heteroatoms. The third-order valence-corrected chi connectivity index (χ3v) is 3.06. The third-order valence-electron chi connectivity index (χ3n) is 3.06. The molecule has 4 nitrogen and oxygen atoms in total. The summed E-state index contributed by atoms with van der Waals surface area (Å²) in [7, 11) is 1.35. The highest BCUT2D eigenvalue weighted by atomic mass is 19.3. The van der Waals surface area contributed by atoms with Gasteiger partial charge < -0.3 is 14.6 Å². The molecule has 0 aliphatic rings. The predicted molar refractivity (Wildman–Crippen MR) is 64.6 cm³/mol. The Morgan fingerprint density at radius 2 is 1.79 bits per heavy atom. The highest BCUT2D eigenvalue weighted by molar-refractivity contribution is 5.94. The molecule has 0 spiro atoms. The van der Waals surface area contributed by atoms with E-state index >= 15 is 0 Å². The van der Waals surface area contributed by atoms with Crippen molar-refractivity contribution in [1.82, 2.24) is 0 Å². The molecule has 0 atom stereocenters. The molecule has 1 aromatic carbocycles. The second-order valence-electron chi connectivity index (χ2n) is 4.15. The first kappa shape index (κ1) is 15.4. The summed E-state index contributed by atoms with van der Waals surface area (Å²) in [5, 5.41) is 9.76. The van der Waals surface area contributed by atoms with Gasteiger partial charge in [-0.25, -0.2) is 13.6 Å². The number of aromatic hydroxyl groups is 1. The molecule has 106 valence electrons. The first-order valence-electron chi connectivity index (χ1n) is 5.59. The number of rotatable bonds is 4. The van der Waals surface area contributed by atoms with E-state index in [1.807, 2.05) is 0 Å². The second kappa shape index (κ2) is 5.97. The van der Waals surface area contributed by atoms with E-state index in [-0.39, 0.29) is 23.5 Å². The zero-order valence-corrected chi connectivity index (χ0v) is 11.2. The van der Waals surface area contributed by atoms with Gasteiger partial charge in [-0.2, -0.15) is 0 Å². The second-order valence-corrected chi connectivity index (χ2v) is 4.15. The van der Waals surface area contributed by atoms with E-state index in [1.54, 1.807) is 6.92 Å². The van der Waals surface area contributed by atoms with Crippen LogP contribution in [0.1, 0.15) is 39.0 Å². The van der Waals surface area contributed by atoms with Gasteiger partial charge in [0.05, 0.1) is 11.1 Å². The predicted octanol–water partition coefficient (Wildman–Crippen LogP) is 3.02. The van der Waals surface area contributed by atoms with Crippen LogP contribution in [0.3, 0.4) is 0 Å². The summed E-state index contributed by atoms with van der Waals surface area (Å²) in [6, 6.07) is 0. The molecule has 0 heterocycles. The van der Waals surface area contributed by atoms with Crippen molar-refractivity contribution in [1.29, 1.82) is 0 Å². The van der Waals surface area contributed by atoms with Gasteiger partial charge in [0.1, 0.15) is 5.75 Å². The number of esters is 1. The highest BCUT2D eigenvalue weighted by Crippen LogP contribution is 2.38. The molecule has 1 N–H and O–H groups in total. The Morgan fingerprint density at radius 1 is 1.21 bits per heavy atom. The van der Waals surface area contributed by atoms with Crippen molar-refractivity contribution in [3.05, 3.63) is 27.8 Å². The maximum atomic E-state index is 13.0. The van der Waals surface area contributed by atoms with E-state index in [1.165, 1.54) is 21.0 Å². The summed E-state index contributed by atoms with van der Waals surface area (Å²) in [6.07, 6.45) is -2.87. The van der Waals surface area contributed by atoms with Crippen molar-refractivity contribution >= 4 is 5.97 Å². The zero-order valence-electron chi connectivity index (χ0n) is 11.2. The summed E-state index contributed by atoms with van der Waals surface area (Å²) in [4.78, 5) is 11.9. The number of ether oxygens (including phenoxy) is 2. The smallest absolute Gasteiger partial charge is 0.340 e. The van der Waals surface area contributed by atoms with E-state index in [0.29, 0.717) is 5.56 Å². The Bertz CT molecular complexity index is 498. The molecule has 0 radical (unpaired) electrons. The maximum Gasteiger partial charge on any atom is 0.340 e. The molecule has 0 unspecified atom stereocenters. The Labute approximate surface area is 109 Å². The molecule has 0 bridgehead atoms. The molecule has 19 heavy (non-hydrogen) atoms. The molecule has 0 saturated carbocycles. The molecule has 1 rings (SSSR count). The molecule has 0 amide bonds. The van der Waals surface area contributed by atoms with Crippen LogP contribution in [-0.4, -0.2) is 25.0 Å². The molecule has 0 aliphatic heterocycles. The fourth-order valence-electron chi connectivity index (χ4n) is 1.92. The minimum atomic E-state index is -2.87. The Morgan fingerprint density at radius 3 is 2.26 bits per heavy atom. The largest absolute Gasteiger partial charge is 0.507 e. The summed E-state index contributed by atoms with van der Waals surface area (Å²) in [6.45, 7) is 4.14. The Balaban J connectivity index is 3.43. The Kier molecular flexibility index (Phi) is 4.83. The lowest BCUT2D eigenvalue weighted by molar-refractivity contribution is -0.0126. The van der Waals surface area contributed by atoms with Gasteiger partial charge in [-0.15, -0.1) is 0 Å². The van der Waals surface area contributed by atoms with Crippen molar-refractivity contribution < 1.29 is 28.2 Å². The Hall–Kier alpha value is -1.69. The van der Waals surface area contributed by atoms with Crippen molar-refractivity contribution in [3.63, 3.8) is 0 Å². The van der Waals surface area contributed by atoms with Crippen LogP contribution in [0.4, 0.5) is 8.78 Å². The van der Waals surface area contributed by atoms with Gasteiger partial charge in [0.25, 0.3) is 6.43 Å². The molecule has 0 fully saturated rings. The van der Waals surface area contributed by atoms with Gasteiger partial charge in [-0.05, 0) is 37.5 Å². The first-order valence-corrected chi connectivity index (χ1v) is 5.59. The standard InChI is InChI=1S/C13H16F2O4/c1-6-7(2)11(16)10(12(14)15)8(3)9(6)13(17)19-5-18-4/h12,16H,5H2,1-4H3. The minimum absolute atomic E-state index is 0.0247. The first-order chi connectivity index (χ1) is 8.82. The lowest BCUT2D eigenvalue weighted by Crippen LogP contribution is -2.13. The molecular weight excluding hydrogens is 258 g/mol. The number of hydrogen-bond donors (Lipinski definition) is 1. The number of phenolic OH excluding ortho intramolecular Hbond substituents is 1. The molecule has 1 aromatic rings. The zero-order chi connectivity index (χ0) is 14.7. The number of carbonyl (C=O) groups excluding carboxylic acids is 1. The number of phenols is 1. The number of alkyl halides is 2. The van der Waals surface area contributed by atoms with Gasteiger partial charge in [0.15, 0.2) is 6.79 Å². The maximum absolute atomic E-state index is 13.0. The van der Waals surface area contributed by atoms with E-state index in [2.05, 4.69) is 4.74 Å². The molecule has 0 aliphatic carbocycles. The average molecular weight is 274 g/mol. The summed E-state index contributed by atoms with van der Waals surface area (Å²) in [5.74, 6) is -1.23. The third kappa shape index (κ3) is 2.84. The van der Waals surface area contributed by atoms with Crippen molar-refractivity contribution in [2.24, 2.45) is 0 Å². The fraction of sp³-hybridized carbons (Fsp3) is 0.462. The van der Waals surface area contributed by atoms with E-state index in [0.717, 1.165) is 0 Å². The summed E-state index contributed by atoms with van der Waals surface area (Å²) in [5.41, 5.74) is 0.192. The minimum Gasteiger partial charge on any atom is -0.507 e. The van der Waals surface area contributed by atoms with Gasteiger partial charge in [-0.3, -0.25) is 0 Å². The lowest BCUT2D eigenvalue weighted by Gasteiger charge is -2.17. The van der Waals surface area contributed by atoms with Crippen molar-refractivity contribution in [2.75, 3.05) is 13.9 Å². The number of hydrogen-bond acceptors (Lipinski definition) is 4. The van der Waals surface area contributed by atoms with Crippen LogP contribution in [-0.2, 0) is 9.47 Å². The normalized spacial score (nSPS) is 10.9. The summed E-state index contributed by atoms with van der Waals surface area (Å²) < 4.78 is 35.3. The van der Waals surface area contributed by atoms with Gasteiger partial charge >= 0.3 is 5.97 Å². The van der Waals surface area contributed by atoms with E-state index < -0.39 is 23.7 Å². The fourth-order valence-corrected chi connectivity index (χ4v) is 1.92. The van der Waals surface area contributed by atoms with Gasteiger partial charge in [-0.1, -0.05) is 0 Å². The quantitative estimate of drug-likeness (QED) is 0.677. The number of carbonyl (C=O) groups is 1. The molecular formula is C13H16F2O4. The van der Waals surface area contributed by atoms with Crippen LogP contribution >= 0.6 is 0 Å². The molecule has 0 aromatic heterocycles. The van der Waals surface area contributed by atoms with Crippen LogP contribution in [0, 0.1) is 20.8 Å². The van der Waals surface area contributed by atoms with Gasteiger partial charge in [0.2, 0.25) is 0 Å². The van der Waals surface area contributed by atoms with Gasteiger partial charge in [0, 0.05) is 7.11 Å². The highest BCUT2D eigenvalue weighted by Gasteiger charge is 2.26. The average Bonchev–Trinajstić information content (AvgIpc) is 2.33. The van der Waals surface area contributed by atoms with Crippen LogP contribution in [0.2, 0.25) is 0 Å². The SMILES string of the molecule is COCOC(=O)c1c(C)c(C)c(O)c(C(F)F)c1C. The van der Waals surface area contributed by atoms with Crippen LogP contribution in [0.15, 0.2) is 0 Å². The van der Waals surface area contributed by atoms with E-state index in [4.69, 9.17) is 4.74 Å². The van der Waals surface area contributed by atoms with Crippen LogP contribution in [0.5, 0.6) is 5.75 Å². The topological polar surface area (TPSA) is 55.8 Å². The van der Waals surface area contributed by atoms with Crippen molar-refractivity contribution in [3.8, 4) is 5.75 Å². The van der Waals surface area contributed by atoms with Crippen molar-refractivity contribution in [2.45, 2.75) is 27.2 Å². The number of methoxy groups -OCH3 is 1. The number of halogens is 2. The molecule has 0 saturated heterocycles. The van der Waals surface area contributed by atoms with Crippen LogP contribution < -0.4 is 0 Å². The van der Waals surface area contributed by atoms with E-state index in [9.17, 15) is 18.7 Å². The number of benzene rings is 1. The lowest BCUT2D eigenvalue weighted by atomic mass is 9.92. The van der Waals surface area contributed by atoms with Crippen LogP contribution in [0.25, 0.3) is 0 Å². The summed E-state index contributed by atoms with van der Waals surface area (Å²) >= 11 is 0.